The van der Waals surface area contributed by atoms with Crippen LogP contribution in [0, 0.1) is 18.6 Å². The van der Waals surface area contributed by atoms with Crippen molar-refractivity contribution in [3.8, 4) is 17.1 Å². The second kappa shape index (κ2) is 11.4. The van der Waals surface area contributed by atoms with Gasteiger partial charge in [-0.2, -0.15) is 13.2 Å². The number of nitrogen functional groups attached to an aromatic ring is 1. The summed E-state index contributed by atoms with van der Waals surface area (Å²) in [6.45, 7) is 3.55. The van der Waals surface area contributed by atoms with Crippen LogP contribution in [0.4, 0.5) is 33.3 Å². The lowest BCUT2D eigenvalue weighted by atomic mass is 9.95. The van der Waals surface area contributed by atoms with Gasteiger partial charge in [0.1, 0.15) is 17.1 Å². The van der Waals surface area contributed by atoms with E-state index in [9.17, 15) is 22.4 Å². The fraction of sp³-hybridized carbons (Fsp3) is 0.333. The predicted molar refractivity (Wildman–Crippen MR) is 144 cm³/mol. The summed E-state index contributed by atoms with van der Waals surface area (Å²) in [5, 5.41) is 8.59. The zero-order valence-electron chi connectivity index (χ0n) is 22.6. The summed E-state index contributed by atoms with van der Waals surface area (Å²) in [7, 11) is 0. The van der Waals surface area contributed by atoms with Gasteiger partial charge < -0.3 is 26.4 Å². The van der Waals surface area contributed by atoms with E-state index in [0.29, 0.717) is 37.0 Å². The molecule has 222 valence electrons. The molecule has 10 nitrogen and oxygen atoms in total. The minimum absolute atomic E-state index is 0.142. The summed E-state index contributed by atoms with van der Waals surface area (Å²) in [6.07, 6.45) is -0.339. The number of pyridine rings is 1. The molecule has 42 heavy (non-hydrogen) atoms. The molecule has 0 unspecified atom stereocenters. The van der Waals surface area contributed by atoms with Gasteiger partial charge in [-0.25, -0.2) is 23.7 Å². The molecule has 0 radical (unpaired) electrons. The second-order valence-corrected chi connectivity index (χ2v) is 9.79. The van der Waals surface area contributed by atoms with Gasteiger partial charge in [0.2, 0.25) is 11.7 Å². The summed E-state index contributed by atoms with van der Waals surface area (Å²) in [5.74, 6) is -3.36. The number of alkyl halides is 3. The molecule has 0 spiro atoms. The number of benzene rings is 1. The lowest BCUT2D eigenvalue weighted by Crippen LogP contribution is -2.32. The molecule has 0 fully saturated rings. The van der Waals surface area contributed by atoms with Crippen molar-refractivity contribution < 1.29 is 31.5 Å². The summed E-state index contributed by atoms with van der Waals surface area (Å²) in [5.41, 5.74) is 0.766. The standard InChI is InChI=1S/C27H27F5N8O2/c1-13-4-6-34-7-8-35-24(41)18-23(37-11-15-12-40-9-3-5-36-26(40)38-15)21(29)22(39-25(18)42-13)16-10-17(33)20(28)14(2)19(16)27(30,31)32/h3,5,9-10,12-13,34H,4,6-8,11,33H2,1-2H3,(H,35,41)(H,37,39)/t13-/m0/s1. The fourth-order valence-electron chi connectivity index (χ4n) is 4.73. The Bertz CT molecular complexity index is 1620. The number of ether oxygens (including phenoxy) is 1. The molecule has 1 aliphatic rings. The Labute approximate surface area is 236 Å². The number of nitrogens with zero attached hydrogens (tertiary/aromatic N) is 4. The molecule has 4 heterocycles. The van der Waals surface area contributed by atoms with Crippen molar-refractivity contribution in [2.45, 2.75) is 39.1 Å². The van der Waals surface area contributed by atoms with Crippen LogP contribution in [-0.4, -0.2) is 51.0 Å². The minimum Gasteiger partial charge on any atom is -0.474 e. The van der Waals surface area contributed by atoms with Crippen molar-refractivity contribution in [2.24, 2.45) is 0 Å². The van der Waals surface area contributed by atoms with Gasteiger partial charge in [-0.3, -0.25) is 9.20 Å². The SMILES string of the molecule is Cc1c(F)c(N)cc(-c2nc3c(c(NCc4cn5cccnc5n4)c2F)C(=O)NCCNCC[C@H](C)O3)c1C(F)(F)F. The van der Waals surface area contributed by atoms with E-state index < -0.39 is 69.5 Å². The van der Waals surface area contributed by atoms with Crippen LogP contribution < -0.4 is 26.4 Å². The highest BCUT2D eigenvalue weighted by Gasteiger charge is 2.39. The normalized spacial score (nSPS) is 16.4. The lowest BCUT2D eigenvalue weighted by Gasteiger charge is -2.22. The maximum absolute atomic E-state index is 16.4. The average molecular weight is 591 g/mol. The Morgan fingerprint density at radius 1 is 1.19 bits per heavy atom. The molecule has 5 rings (SSSR count). The van der Waals surface area contributed by atoms with Gasteiger partial charge in [-0.15, -0.1) is 0 Å². The maximum atomic E-state index is 16.4. The smallest absolute Gasteiger partial charge is 0.417 e. The molecule has 3 aromatic heterocycles. The number of carbonyl (C=O) groups excluding carboxylic acids is 1. The number of halogens is 5. The molecule has 4 aromatic rings. The van der Waals surface area contributed by atoms with Crippen molar-refractivity contribution in [1.82, 2.24) is 30.0 Å². The third kappa shape index (κ3) is 5.64. The number of fused-ring (bicyclic) bond motifs is 2. The molecule has 1 amide bonds. The summed E-state index contributed by atoms with van der Waals surface area (Å²) < 4.78 is 81.3. The van der Waals surface area contributed by atoms with Gasteiger partial charge in [-0.05, 0) is 44.5 Å². The Morgan fingerprint density at radius 3 is 2.71 bits per heavy atom. The van der Waals surface area contributed by atoms with Crippen molar-refractivity contribution in [3.05, 3.63) is 64.7 Å². The maximum Gasteiger partial charge on any atom is 0.417 e. The monoisotopic (exact) mass is 590 g/mol. The Balaban J connectivity index is 1.73. The van der Waals surface area contributed by atoms with Gasteiger partial charge in [0.25, 0.3) is 5.91 Å². The quantitative estimate of drug-likeness (QED) is 0.207. The molecule has 5 N–H and O–H groups in total. The molecule has 1 atom stereocenters. The molecule has 0 aliphatic carbocycles. The van der Waals surface area contributed by atoms with Gasteiger partial charge in [0.05, 0.1) is 35.3 Å². The van der Waals surface area contributed by atoms with Crippen LogP contribution in [0.1, 0.15) is 40.5 Å². The van der Waals surface area contributed by atoms with E-state index in [-0.39, 0.29) is 18.7 Å². The van der Waals surface area contributed by atoms with E-state index in [2.05, 4.69) is 30.9 Å². The first-order valence-corrected chi connectivity index (χ1v) is 13.0. The van der Waals surface area contributed by atoms with Crippen LogP contribution >= 0.6 is 0 Å². The van der Waals surface area contributed by atoms with Crippen molar-refractivity contribution in [2.75, 3.05) is 30.7 Å². The lowest BCUT2D eigenvalue weighted by molar-refractivity contribution is -0.137. The first-order chi connectivity index (χ1) is 20.0. The summed E-state index contributed by atoms with van der Waals surface area (Å²) >= 11 is 0. The minimum atomic E-state index is -5.09. The van der Waals surface area contributed by atoms with Crippen LogP contribution in [-0.2, 0) is 12.7 Å². The molecular formula is C27H27F5N8O2. The summed E-state index contributed by atoms with van der Waals surface area (Å²) in [4.78, 5) is 25.9. The number of anilines is 2. The Kier molecular flexibility index (Phi) is 7.86. The predicted octanol–water partition coefficient (Wildman–Crippen LogP) is 4.08. The van der Waals surface area contributed by atoms with Gasteiger partial charge in [-0.1, -0.05) is 0 Å². The number of rotatable bonds is 4. The highest BCUT2D eigenvalue weighted by atomic mass is 19.4. The average Bonchev–Trinajstić information content (AvgIpc) is 3.34. The third-order valence-corrected chi connectivity index (χ3v) is 6.76. The molecular weight excluding hydrogens is 563 g/mol. The number of carbonyl (C=O) groups is 1. The Hall–Kier alpha value is -4.53. The number of nitrogens with two attached hydrogens (primary N) is 1. The zero-order valence-corrected chi connectivity index (χ0v) is 22.6. The highest BCUT2D eigenvalue weighted by Crippen LogP contribution is 2.44. The van der Waals surface area contributed by atoms with E-state index in [1.807, 2.05) is 0 Å². The van der Waals surface area contributed by atoms with Crippen LogP contribution in [0.25, 0.3) is 17.0 Å². The first kappa shape index (κ1) is 29.0. The van der Waals surface area contributed by atoms with Gasteiger partial charge in [0, 0.05) is 37.2 Å². The largest absolute Gasteiger partial charge is 0.474 e. The molecule has 1 aliphatic heterocycles. The fourth-order valence-corrected chi connectivity index (χ4v) is 4.73. The van der Waals surface area contributed by atoms with Crippen molar-refractivity contribution >= 4 is 23.1 Å². The number of hydrogen-bond donors (Lipinski definition) is 4. The summed E-state index contributed by atoms with van der Waals surface area (Å²) in [6, 6.07) is 2.36. The van der Waals surface area contributed by atoms with E-state index in [1.54, 1.807) is 29.8 Å². The van der Waals surface area contributed by atoms with E-state index in [0.717, 1.165) is 6.92 Å². The van der Waals surface area contributed by atoms with Crippen LogP contribution in [0.3, 0.4) is 0 Å². The third-order valence-electron chi connectivity index (χ3n) is 6.76. The van der Waals surface area contributed by atoms with Gasteiger partial charge >= 0.3 is 6.18 Å². The first-order valence-electron chi connectivity index (χ1n) is 13.0. The van der Waals surface area contributed by atoms with Crippen molar-refractivity contribution in [3.63, 3.8) is 0 Å². The topological polar surface area (TPSA) is 131 Å². The van der Waals surface area contributed by atoms with Crippen LogP contribution in [0.15, 0.2) is 30.7 Å². The van der Waals surface area contributed by atoms with Crippen LogP contribution in [0.5, 0.6) is 5.88 Å². The van der Waals surface area contributed by atoms with Gasteiger partial charge in [0.15, 0.2) is 5.82 Å². The van der Waals surface area contributed by atoms with E-state index in [1.165, 1.54) is 6.20 Å². The van der Waals surface area contributed by atoms with Crippen molar-refractivity contribution in [1.29, 1.82) is 0 Å². The zero-order chi connectivity index (χ0) is 30.2. The number of aromatic nitrogens is 4. The molecule has 0 saturated carbocycles. The van der Waals surface area contributed by atoms with Crippen LogP contribution in [0.2, 0.25) is 0 Å². The second-order valence-electron chi connectivity index (χ2n) is 9.79. The Morgan fingerprint density at radius 2 is 1.98 bits per heavy atom. The number of amides is 1. The number of nitrogens with one attached hydrogen (secondary N) is 3. The number of hydrogen-bond acceptors (Lipinski definition) is 8. The molecule has 15 heteroatoms. The molecule has 0 saturated heterocycles. The molecule has 0 bridgehead atoms. The van der Waals surface area contributed by atoms with E-state index >= 15 is 4.39 Å². The highest BCUT2D eigenvalue weighted by molar-refractivity contribution is 6.03. The number of imidazole rings is 1. The van der Waals surface area contributed by atoms with E-state index in [4.69, 9.17) is 10.5 Å². The molecule has 1 aromatic carbocycles.